The number of nitrogens with zero attached hydrogens (tertiary/aromatic N) is 2. The summed E-state index contributed by atoms with van der Waals surface area (Å²) in [5.74, 6) is -0.0851. The number of carbonyl (C=O) groups excluding carboxylic acids is 1. The number of halogens is 2. The summed E-state index contributed by atoms with van der Waals surface area (Å²) in [7, 11) is 0. The van der Waals surface area contributed by atoms with Crippen molar-refractivity contribution >= 4 is 40.4 Å². The minimum Gasteiger partial charge on any atom is -0.488 e. The van der Waals surface area contributed by atoms with Crippen molar-refractivity contribution in [3.05, 3.63) is 103 Å². The topological polar surface area (TPSA) is 93.8 Å². The van der Waals surface area contributed by atoms with Crippen molar-refractivity contribution in [2.45, 2.75) is 13.0 Å². The quantitative estimate of drug-likeness (QED) is 0.198. The number of para-hydroxylation sites is 1. The molecule has 3 rings (SSSR count). The molecule has 7 nitrogen and oxygen atoms in total. The van der Waals surface area contributed by atoms with Crippen LogP contribution in [-0.2, 0) is 17.8 Å². The van der Waals surface area contributed by atoms with Gasteiger partial charge in [0.2, 0.25) is 5.91 Å². The Balaban J connectivity index is 1.55. The van der Waals surface area contributed by atoms with Crippen LogP contribution >= 0.6 is 22.6 Å². The van der Waals surface area contributed by atoms with E-state index < -0.39 is 10.8 Å². The largest absolute Gasteiger partial charge is 0.488 e. The Labute approximate surface area is 191 Å². The minimum atomic E-state index is -0.520. The van der Waals surface area contributed by atoms with E-state index in [1.807, 2.05) is 6.07 Å². The number of nitro benzene ring substituents is 1. The number of hydrogen-bond acceptors (Lipinski definition) is 5. The van der Waals surface area contributed by atoms with Crippen LogP contribution in [0.25, 0.3) is 0 Å². The Morgan fingerprint density at radius 1 is 1.16 bits per heavy atom. The second-order valence-electron chi connectivity index (χ2n) is 6.46. The van der Waals surface area contributed by atoms with Crippen LogP contribution in [0.15, 0.2) is 71.8 Å². The van der Waals surface area contributed by atoms with Gasteiger partial charge in [-0.25, -0.2) is 9.82 Å². The third kappa shape index (κ3) is 6.57. The summed E-state index contributed by atoms with van der Waals surface area (Å²) in [5.41, 5.74) is 4.18. The summed E-state index contributed by atoms with van der Waals surface area (Å²) in [5, 5.41) is 14.9. The third-order valence-electron chi connectivity index (χ3n) is 4.21. The average molecular weight is 533 g/mol. The van der Waals surface area contributed by atoms with Crippen LogP contribution < -0.4 is 10.2 Å². The highest BCUT2D eigenvalue weighted by Gasteiger charge is 2.15. The van der Waals surface area contributed by atoms with Gasteiger partial charge in [0.25, 0.3) is 5.69 Å². The van der Waals surface area contributed by atoms with Crippen molar-refractivity contribution in [2.75, 3.05) is 0 Å². The fraction of sp³-hybridized carbons (Fsp3) is 0.0909. The Bertz CT molecular complexity index is 1120. The maximum Gasteiger partial charge on any atom is 0.273 e. The van der Waals surface area contributed by atoms with E-state index in [4.69, 9.17) is 4.74 Å². The van der Waals surface area contributed by atoms with Crippen LogP contribution in [0.4, 0.5) is 10.1 Å². The molecule has 3 aromatic carbocycles. The first-order valence-electron chi connectivity index (χ1n) is 9.13. The fourth-order valence-electron chi connectivity index (χ4n) is 2.69. The maximum atomic E-state index is 13.0. The van der Waals surface area contributed by atoms with E-state index >= 15 is 0 Å². The van der Waals surface area contributed by atoms with E-state index in [0.717, 1.165) is 14.7 Å². The smallest absolute Gasteiger partial charge is 0.273 e. The first-order chi connectivity index (χ1) is 14.9. The minimum absolute atomic E-state index is 0.104. The highest BCUT2D eigenvalue weighted by molar-refractivity contribution is 14.1. The van der Waals surface area contributed by atoms with E-state index in [0.29, 0.717) is 17.9 Å². The summed E-state index contributed by atoms with van der Waals surface area (Å²) in [6.07, 6.45) is 1.32. The lowest BCUT2D eigenvalue weighted by Gasteiger charge is -2.09. The molecule has 0 aliphatic rings. The number of benzene rings is 3. The number of amides is 1. The van der Waals surface area contributed by atoms with Gasteiger partial charge in [-0.3, -0.25) is 14.9 Å². The van der Waals surface area contributed by atoms with Crippen LogP contribution in [-0.4, -0.2) is 17.0 Å². The van der Waals surface area contributed by atoms with Crippen molar-refractivity contribution in [3.8, 4) is 5.75 Å². The lowest BCUT2D eigenvalue weighted by Crippen LogP contribution is -2.20. The molecule has 31 heavy (non-hydrogen) atoms. The lowest BCUT2D eigenvalue weighted by molar-refractivity contribution is -0.385. The van der Waals surface area contributed by atoms with Crippen molar-refractivity contribution in [2.24, 2.45) is 5.10 Å². The Morgan fingerprint density at radius 3 is 2.61 bits per heavy atom. The van der Waals surface area contributed by atoms with Gasteiger partial charge in [-0.1, -0.05) is 30.3 Å². The standard InChI is InChI=1S/C22H17FIN3O4/c23-18-8-5-15(6-9-18)14-31-21-10-7-16(11-19(21)24)13-25-26-22(28)12-17-3-1-2-4-20(17)27(29)30/h1-11,13H,12,14H2,(H,26,28)/b25-13+. The van der Waals surface area contributed by atoms with Crippen molar-refractivity contribution in [1.29, 1.82) is 0 Å². The van der Waals surface area contributed by atoms with Crippen LogP contribution in [0.5, 0.6) is 5.75 Å². The number of rotatable bonds is 8. The normalized spacial score (nSPS) is 10.8. The fourth-order valence-corrected chi connectivity index (χ4v) is 3.38. The number of hydrogen-bond donors (Lipinski definition) is 1. The van der Waals surface area contributed by atoms with Gasteiger partial charge in [0.1, 0.15) is 18.2 Å². The zero-order chi connectivity index (χ0) is 22.2. The molecule has 0 bridgehead atoms. The van der Waals surface area contributed by atoms with Crippen LogP contribution in [0.2, 0.25) is 0 Å². The van der Waals surface area contributed by atoms with Crippen LogP contribution in [0.3, 0.4) is 0 Å². The predicted octanol–water partition coefficient (Wildman–Crippen LogP) is 4.61. The van der Waals surface area contributed by atoms with Gasteiger partial charge >= 0.3 is 0 Å². The summed E-state index contributed by atoms with van der Waals surface area (Å²) >= 11 is 2.13. The van der Waals surface area contributed by atoms with Gasteiger partial charge in [-0.2, -0.15) is 5.10 Å². The summed E-state index contributed by atoms with van der Waals surface area (Å²) in [4.78, 5) is 22.5. The molecule has 0 fully saturated rings. The predicted molar refractivity (Wildman–Crippen MR) is 122 cm³/mol. The zero-order valence-corrected chi connectivity index (χ0v) is 18.3. The second-order valence-corrected chi connectivity index (χ2v) is 7.62. The molecule has 0 saturated carbocycles. The van der Waals surface area contributed by atoms with E-state index in [1.54, 1.807) is 36.4 Å². The maximum absolute atomic E-state index is 13.0. The summed E-state index contributed by atoms with van der Waals surface area (Å²) in [6, 6.07) is 17.6. The highest BCUT2D eigenvalue weighted by Crippen LogP contribution is 2.23. The molecule has 158 valence electrons. The number of ether oxygens (including phenoxy) is 1. The third-order valence-corrected chi connectivity index (χ3v) is 5.05. The SMILES string of the molecule is O=C(Cc1ccccc1[N+](=O)[O-])N/N=C/c1ccc(OCc2ccc(F)cc2)c(I)c1. The molecule has 0 spiro atoms. The van der Waals surface area contributed by atoms with Crippen molar-refractivity contribution in [1.82, 2.24) is 5.43 Å². The Kier molecular flexibility index (Phi) is 7.65. The van der Waals surface area contributed by atoms with Crippen LogP contribution in [0.1, 0.15) is 16.7 Å². The number of nitrogens with one attached hydrogen (secondary N) is 1. The van der Waals surface area contributed by atoms with Gasteiger partial charge in [0.15, 0.2) is 0 Å². The molecule has 0 saturated heterocycles. The molecular weight excluding hydrogens is 516 g/mol. The van der Waals surface area contributed by atoms with Gasteiger partial charge in [-0.05, 0) is 64.0 Å². The summed E-state index contributed by atoms with van der Waals surface area (Å²) in [6.45, 7) is 0.311. The molecule has 0 unspecified atom stereocenters. The first kappa shape index (κ1) is 22.3. The van der Waals surface area contributed by atoms with E-state index in [-0.39, 0.29) is 17.9 Å². The van der Waals surface area contributed by atoms with Gasteiger partial charge in [0.05, 0.1) is 21.1 Å². The Morgan fingerprint density at radius 2 is 1.90 bits per heavy atom. The van der Waals surface area contributed by atoms with Crippen molar-refractivity contribution < 1.29 is 18.8 Å². The highest BCUT2D eigenvalue weighted by atomic mass is 127. The number of nitro groups is 1. The molecule has 0 aliphatic carbocycles. The molecule has 0 radical (unpaired) electrons. The molecule has 0 heterocycles. The van der Waals surface area contributed by atoms with E-state index in [9.17, 15) is 19.3 Å². The van der Waals surface area contributed by atoms with Gasteiger partial charge < -0.3 is 4.74 Å². The first-order valence-corrected chi connectivity index (χ1v) is 10.2. The van der Waals surface area contributed by atoms with Crippen LogP contribution in [0, 0.1) is 19.5 Å². The summed E-state index contributed by atoms with van der Waals surface area (Å²) < 4.78 is 19.6. The molecule has 9 heteroatoms. The van der Waals surface area contributed by atoms with Gasteiger partial charge in [0, 0.05) is 11.6 Å². The van der Waals surface area contributed by atoms with Gasteiger partial charge in [-0.15, -0.1) is 0 Å². The second kappa shape index (κ2) is 10.6. The molecule has 1 N–H and O–H groups in total. The molecule has 0 aromatic heterocycles. The molecule has 1 amide bonds. The average Bonchev–Trinajstić information content (AvgIpc) is 2.74. The molecule has 0 atom stereocenters. The van der Waals surface area contributed by atoms with Crippen molar-refractivity contribution in [3.63, 3.8) is 0 Å². The number of carbonyl (C=O) groups is 1. The van der Waals surface area contributed by atoms with E-state index in [1.165, 1.54) is 30.5 Å². The molecule has 0 aliphatic heterocycles. The monoisotopic (exact) mass is 533 g/mol. The lowest BCUT2D eigenvalue weighted by atomic mass is 10.1. The van der Waals surface area contributed by atoms with E-state index in [2.05, 4.69) is 33.1 Å². The number of hydrazone groups is 1. The Hall–Kier alpha value is -3.34. The molecule has 3 aromatic rings. The zero-order valence-electron chi connectivity index (χ0n) is 16.1. The molecular formula is C22H17FIN3O4.